The molecule has 56 heavy (non-hydrogen) atoms. The Balaban J connectivity index is 0.000000246. The number of hydrogen-bond donors (Lipinski definition) is 4. The summed E-state index contributed by atoms with van der Waals surface area (Å²) in [6, 6.07) is 12.2. The fourth-order valence-electron chi connectivity index (χ4n) is 8.96. The lowest BCUT2D eigenvalue weighted by atomic mass is 9.68. The Hall–Kier alpha value is -2.20. The summed E-state index contributed by atoms with van der Waals surface area (Å²) in [5.41, 5.74) is 3.44. The van der Waals surface area contributed by atoms with Crippen LogP contribution in [0.5, 0.6) is 5.75 Å². The number of aliphatic hydroxyl groups excluding tert-OH is 1. The van der Waals surface area contributed by atoms with Crippen LogP contribution in [0, 0.1) is 11.8 Å². The molecule has 1 saturated carbocycles. The van der Waals surface area contributed by atoms with Gasteiger partial charge in [0.15, 0.2) is 0 Å². The van der Waals surface area contributed by atoms with Crippen LogP contribution in [0.1, 0.15) is 92.6 Å². The number of nitrogens with one attached hydrogen (secondary N) is 1. The summed E-state index contributed by atoms with van der Waals surface area (Å²) in [5.74, 6) is 0.282. The van der Waals surface area contributed by atoms with E-state index in [1.807, 2.05) is 17.9 Å². The largest absolute Gasteiger partial charge is 0.490 e. The van der Waals surface area contributed by atoms with Crippen molar-refractivity contribution >= 4 is 55.9 Å². The molecule has 13 heteroatoms. The molecule has 0 bridgehead atoms. The number of nitrogens with zero attached hydrogens (tertiary/aromatic N) is 2. The van der Waals surface area contributed by atoms with Gasteiger partial charge in [-0.25, -0.2) is 18.4 Å². The highest BCUT2D eigenvalue weighted by Crippen LogP contribution is 2.46. The van der Waals surface area contributed by atoms with Crippen molar-refractivity contribution in [2.75, 3.05) is 55.7 Å². The number of halogens is 2. The SMILES string of the molecule is C1CCN2CCNC[C@H]2C1.C=CCC[C@@H](CC)S(N)(=O)=O.C=C[C@H](O)[C@@H]1CC[C@H]1CN1C[C@@]2(CCCc3cc(Cl)ccc32)COc2ccc(C(=O)O)cc21.CI. The number of nitrogens with two attached hydrogens (primary N) is 1. The predicted molar refractivity (Wildman–Crippen MR) is 238 cm³/mol. The number of hydrogen-bond acceptors (Lipinski definition) is 8. The fraction of sp³-hybridized carbons (Fsp3) is 0.605. The van der Waals surface area contributed by atoms with E-state index in [1.54, 1.807) is 30.4 Å². The van der Waals surface area contributed by atoms with Crippen LogP contribution in [0.3, 0.4) is 0 Å². The lowest BCUT2D eigenvalue weighted by molar-refractivity contribution is 0.0460. The lowest BCUT2D eigenvalue weighted by Gasteiger charge is -2.45. The van der Waals surface area contributed by atoms with Gasteiger partial charge in [0.25, 0.3) is 0 Å². The topological polar surface area (TPSA) is 145 Å². The number of primary sulfonamides is 1. The van der Waals surface area contributed by atoms with Crippen LogP contribution in [0.2, 0.25) is 5.02 Å². The number of piperidine rings is 1. The highest BCUT2D eigenvalue weighted by Gasteiger charge is 2.44. The molecule has 2 aliphatic carbocycles. The van der Waals surface area contributed by atoms with Crippen LogP contribution >= 0.6 is 34.2 Å². The number of aromatic carboxylic acids is 1. The Morgan fingerprint density at radius 1 is 1.14 bits per heavy atom. The molecule has 5 aliphatic rings. The van der Waals surface area contributed by atoms with E-state index in [0.29, 0.717) is 31.8 Å². The first-order valence-corrected chi connectivity index (χ1v) is 24.3. The first kappa shape index (κ1) is 46.5. The van der Waals surface area contributed by atoms with Crippen molar-refractivity contribution in [1.29, 1.82) is 0 Å². The number of rotatable bonds is 10. The van der Waals surface area contributed by atoms with Crippen molar-refractivity contribution in [3.63, 3.8) is 0 Å². The van der Waals surface area contributed by atoms with Crippen molar-refractivity contribution in [2.45, 2.75) is 100 Å². The number of aryl methyl sites for hydroxylation is 1. The standard InChI is InChI=1S/C27H30ClNO4.C8H16N2.C7H15NO2S.CH3I/c1-2-24(30)21-8-5-19(21)14-29-15-27(11-3-4-17-12-20(28)7-9-22(17)27)16-33-25-10-6-18(26(31)32)13-23(25)29;1-2-5-10-6-4-9-7-8(10)3-1;1-3-5-6-7(4-2)11(8,9)10;1-2/h2,6-7,9-10,12-13,19,21,24,30H,1,3-5,8,11,14-16H2,(H,31,32);8-9H,1-7H2;3,7H,1,4-6H2,2H3,(H2,8,9,10);1H3/t19-,21+,24-,27-;8-;7-;/m011./s1. The summed E-state index contributed by atoms with van der Waals surface area (Å²) in [5, 5.41) is 28.8. The highest BCUT2D eigenvalue weighted by molar-refractivity contribution is 14.1. The third kappa shape index (κ3) is 12.2. The molecule has 10 nitrogen and oxygen atoms in total. The van der Waals surface area contributed by atoms with Crippen LogP contribution in [0.15, 0.2) is 61.7 Å². The number of fused-ring (bicyclic) bond motifs is 4. The fourth-order valence-corrected chi connectivity index (χ4v) is 10.1. The monoisotopic (exact) mass is 926 g/mol. The van der Waals surface area contributed by atoms with E-state index in [-0.39, 0.29) is 16.9 Å². The van der Waals surface area contributed by atoms with Gasteiger partial charge in [-0.05, 0) is 129 Å². The zero-order valence-corrected chi connectivity index (χ0v) is 37.0. The minimum atomic E-state index is -3.33. The maximum Gasteiger partial charge on any atom is 0.335 e. The van der Waals surface area contributed by atoms with Gasteiger partial charge in [0.2, 0.25) is 10.0 Å². The lowest BCUT2D eigenvalue weighted by Crippen LogP contribution is -2.53. The second-order valence-electron chi connectivity index (χ2n) is 15.7. The summed E-state index contributed by atoms with van der Waals surface area (Å²) in [7, 11) is -3.33. The van der Waals surface area contributed by atoms with Crippen LogP contribution < -0.4 is 20.1 Å². The van der Waals surface area contributed by atoms with Gasteiger partial charge in [-0.1, -0.05) is 65.8 Å². The number of allylic oxidation sites excluding steroid dienone is 1. The second-order valence-corrected chi connectivity index (χ2v) is 18.0. The van der Waals surface area contributed by atoms with E-state index in [2.05, 4.69) is 63.0 Å². The molecule has 5 N–H and O–H groups in total. The number of piperazine rings is 1. The molecular formula is C43H64ClIN4O6S. The van der Waals surface area contributed by atoms with Crippen molar-refractivity contribution in [3.8, 4) is 5.75 Å². The molecule has 2 aromatic rings. The van der Waals surface area contributed by atoms with Crippen LogP contribution in [0.25, 0.3) is 0 Å². The Kier molecular flexibility index (Phi) is 18.5. The molecule has 7 rings (SSSR count). The van der Waals surface area contributed by atoms with Gasteiger partial charge >= 0.3 is 5.97 Å². The number of ether oxygens (including phenoxy) is 1. The van der Waals surface area contributed by atoms with E-state index in [1.165, 1.54) is 56.6 Å². The Morgan fingerprint density at radius 3 is 2.57 bits per heavy atom. The van der Waals surface area contributed by atoms with Crippen molar-refractivity contribution in [3.05, 3.63) is 83.4 Å². The van der Waals surface area contributed by atoms with E-state index in [9.17, 15) is 23.4 Å². The summed E-state index contributed by atoms with van der Waals surface area (Å²) in [6.07, 6.45) is 14.1. The predicted octanol–water partition coefficient (Wildman–Crippen LogP) is 7.60. The summed E-state index contributed by atoms with van der Waals surface area (Å²) < 4.78 is 28.0. The van der Waals surface area contributed by atoms with Gasteiger partial charge < -0.3 is 25.2 Å². The van der Waals surface area contributed by atoms with Crippen LogP contribution in [0.4, 0.5) is 5.69 Å². The van der Waals surface area contributed by atoms with Gasteiger partial charge in [-0.2, -0.15) is 0 Å². The molecule has 312 valence electrons. The maximum atomic E-state index is 11.7. The zero-order chi connectivity index (χ0) is 40.9. The van der Waals surface area contributed by atoms with Gasteiger partial charge in [0.1, 0.15) is 5.75 Å². The molecule has 2 aromatic carbocycles. The van der Waals surface area contributed by atoms with Crippen LogP contribution in [-0.4, -0.2) is 97.7 Å². The smallest absolute Gasteiger partial charge is 0.335 e. The van der Waals surface area contributed by atoms with Gasteiger partial charge in [-0.3, -0.25) is 4.90 Å². The number of alkyl halides is 1. The van der Waals surface area contributed by atoms with Crippen molar-refractivity contribution in [1.82, 2.24) is 10.2 Å². The number of carboxylic acid groups (broad SMARTS) is 1. The number of carboxylic acids is 1. The average molecular weight is 927 g/mol. The van der Waals surface area contributed by atoms with E-state index in [0.717, 1.165) is 67.7 Å². The first-order chi connectivity index (χ1) is 26.9. The molecule has 0 radical (unpaired) electrons. The molecule has 6 atom stereocenters. The van der Waals surface area contributed by atoms with Gasteiger partial charge in [0, 0.05) is 49.2 Å². The second kappa shape index (κ2) is 22.2. The molecule has 0 aromatic heterocycles. The minimum absolute atomic E-state index is 0.186. The number of anilines is 1. The molecular weight excluding hydrogens is 863 g/mol. The van der Waals surface area contributed by atoms with Crippen molar-refractivity contribution in [2.24, 2.45) is 17.0 Å². The molecule has 0 unspecified atom stereocenters. The molecule has 3 heterocycles. The van der Waals surface area contributed by atoms with Crippen molar-refractivity contribution < 1.29 is 28.2 Å². The zero-order valence-electron chi connectivity index (χ0n) is 33.3. The van der Waals surface area contributed by atoms with E-state index < -0.39 is 27.3 Å². The maximum absolute atomic E-state index is 11.7. The third-order valence-corrected chi connectivity index (χ3v) is 13.9. The van der Waals surface area contributed by atoms with E-state index >= 15 is 0 Å². The Labute approximate surface area is 354 Å². The molecule has 2 saturated heterocycles. The number of benzene rings is 2. The normalized spacial score (nSPS) is 25.1. The van der Waals surface area contributed by atoms with E-state index in [4.69, 9.17) is 21.5 Å². The Bertz CT molecular complexity index is 1690. The first-order valence-electron chi connectivity index (χ1n) is 20.2. The molecule has 3 aliphatic heterocycles. The number of carbonyl (C=O) groups is 1. The summed E-state index contributed by atoms with van der Waals surface area (Å²) >= 11 is 8.46. The quantitative estimate of drug-likeness (QED) is 0.108. The van der Waals surface area contributed by atoms with Gasteiger partial charge in [0.05, 0.1) is 29.2 Å². The molecule has 3 fully saturated rings. The highest BCUT2D eigenvalue weighted by atomic mass is 127. The summed E-state index contributed by atoms with van der Waals surface area (Å²) in [6.45, 7) is 16.2. The van der Waals surface area contributed by atoms with Gasteiger partial charge in [-0.15, -0.1) is 13.2 Å². The Morgan fingerprint density at radius 2 is 1.93 bits per heavy atom. The molecule has 0 amide bonds. The number of sulfonamides is 1. The molecule has 1 spiro atoms. The van der Waals surface area contributed by atoms with Crippen LogP contribution in [-0.2, 0) is 21.9 Å². The average Bonchev–Trinajstić information content (AvgIpc) is 3.34. The third-order valence-electron chi connectivity index (χ3n) is 12.2. The summed E-state index contributed by atoms with van der Waals surface area (Å²) in [4.78, 5) is 18.6. The number of aliphatic hydroxyl groups is 1. The minimum Gasteiger partial charge on any atom is -0.490 e.